The number of fused-ring (bicyclic) bond motifs is 2. The van der Waals surface area contributed by atoms with Crippen molar-refractivity contribution in [1.29, 1.82) is 0 Å². The van der Waals surface area contributed by atoms with E-state index >= 15 is 0 Å². The molecular weight excluding hydrogens is 474 g/mol. The molecule has 1 saturated heterocycles. The van der Waals surface area contributed by atoms with Gasteiger partial charge in [-0.05, 0) is 74.7 Å². The van der Waals surface area contributed by atoms with Crippen molar-refractivity contribution in [3.63, 3.8) is 0 Å². The van der Waals surface area contributed by atoms with Gasteiger partial charge < -0.3 is 10.2 Å². The third-order valence-corrected chi connectivity index (χ3v) is 7.29. The second-order valence-electron chi connectivity index (χ2n) is 10.7. The van der Waals surface area contributed by atoms with Crippen LogP contribution < -0.4 is 4.74 Å². The first-order valence-electron chi connectivity index (χ1n) is 13.2. The van der Waals surface area contributed by atoms with Crippen molar-refractivity contribution in [2.75, 3.05) is 19.6 Å². The minimum absolute atomic E-state index is 0. The molecule has 1 aliphatic rings. The van der Waals surface area contributed by atoms with Crippen molar-refractivity contribution < 1.29 is 10.2 Å². The second-order valence-corrected chi connectivity index (χ2v) is 10.7. The normalized spacial score (nSPS) is 14.5. The van der Waals surface area contributed by atoms with E-state index in [1.54, 1.807) is 0 Å². The van der Waals surface area contributed by atoms with Crippen LogP contribution in [0.1, 0.15) is 38.7 Å². The molecule has 0 bridgehead atoms. The predicted molar refractivity (Wildman–Crippen MR) is 153 cm³/mol. The van der Waals surface area contributed by atoms with Gasteiger partial charge in [0.1, 0.15) is 5.60 Å². The van der Waals surface area contributed by atoms with Crippen LogP contribution in [0.3, 0.4) is 0 Å². The Morgan fingerprint density at radius 3 is 2.34 bits per heavy atom. The van der Waals surface area contributed by atoms with Crippen molar-refractivity contribution in [2.24, 2.45) is 0 Å². The van der Waals surface area contributed by atoms with Crippen LogP contribution in [0.2, 0.25) is 0 Å². The minimum atomic E-state index is -0.294. The molecule has 196 valence electrons. The van der Waals surface area contributed by atoms with Crippen LogP contribution in [0.4, 0.5) is 0 Å². The van der Waals surface area contributed by atoms with Crippen molar-refractivity contribution in [1.82, 2.24) is 24.5 Å². The lowest BCUT2D eigenvalue weighted by atomic mass is 9.97. The third-order valence-electron chi connectivity index (χ3n) is 7.29. The van der Waals surface area contributed by atoms with E-state index in [2.05, 4.69) is 72.2 Å². The molecule has 0 radical (unpaired) electrons. The lowest BCUT2D eigenvalue weighted by Gasteiger charge is -2.34. The van der Waals surface area contributed by atoms with Gasteiger partial charge in [-0.1, -0.05) is 42.8 Å². The summed E-state index contributed by atoms with van der Waals surface area (Å²) in [5, 5.41) is 7.10. The van der Waals surface area contributed by atoms with Gasteiger partial charge in [-0.25, -0.2) is 14.5 Å². The Balaban J connectivity index is 0.00000294. The van der Waals surface area contributed by atoms with Crippen molar-refractivity contribution >= 4 is 16.4 Å². The number of ether oxygens (including phenoxy) is 1. The molecular formula is C31H35N5O2. The third kappa shape index (κ3) is 5.12. The summed E-state index contributed by atoms with van der Waals surface area (Å²) in [5.74, 6) is 0.646. The number of aromatic nitrogens is 4. The molecule has 0 aliphatic carbocycles. The largest absolute Gasteiger partial charge is 0.470 e. The van der Waals surface area contributed by atoms with Crippen LogP contribution in [0.25, 0.3) is 38.7 Å². The second kappa shape index (κ2) is 10.5. The summed E-state index contributed by atoms with van der Waals surface area (Å²) in [4.78, 5) is 11.9. The van der Waals surface area contributed by atoms with Crippen molar-refractivity contribution in [3.05, 3.63) is 78.9 Å². The number of pyridine rings is 1. The van der Waals surface area contributed by atoms with Gasteiger partial charge in [-0.3, -0.25) is 4.90 Å². The molecule has 2 aromatic carbocycles. The maximum absolute atomic E-state index is 6.28. The Kier molecular flexibility index (Phi) is 7.15. The maximum Gasteiger partial charge on any atom is 0.213 e. The molecule has 0 saturated carbocycles. The van der Waals surface area contributed by atoms with Crippen LogP contribution in [-0.2, 0) is 0 Å². The molecule has 38 heavy (non-hydrogen) atoms. The monoisotopic (exact) mass is 509 g/mol. The van der Waals surface area contributed by atoms with Gasteiger partial charge in [0.25, 0.3) is 0 Å². The van der Waals surface area contributed by atoms with E-state index in [0.717, 1.165) is 47.5 Å². The fraction of sp³-hybridized carbons (Fsp3) is 0.323. The van der Waals surface area contributed by atoms with Crippen LogP contribution in [0.15, 0.2) is 73.3 Å². The lowest BCUT2D eigenvalue weighted by Crippen LogP contribution is -2.44. The summed E-state index contributed by atoms with van der Waals surface area (Å²) in [7, 11) is 0. The van der Waals surface area contributed by atoms with Gasteiger partial charge in [0.05, 0.1) is 6.20 Å². The van der Waals surface area contributed by atoms with E-state index in [1.165, 1.54) is 35.6 Å². The summed E-state index contributed by atoms with van der Waals surface area (Å²) in [6, 6.07) is 16.8. The Hall–Kier alpha value is -3.81. The zero-order valence-electron chi connectivity index (χ0n) is 22.3. The quantitative estimate of drug-likeness (QED) is 0.291. The molecule has 5 aromatic rings. The molecule has 0 unspecified atom stereocenters. The van der Waals surface area contributed by atoms with Gasteiger partial charge in [-0.2, -0.15) is 5.10 Å². The molecule has 7 nitrogen and oxygen atoms in total. The Morgan fingerprint density at radius 1 is 0.816 bits per heavy atom. The summed E-state index contributed by atoms with van der Waals surface area (Å²) in [6.45, 7) is 9.65. The first-order chi connectivity index (χ1) is 18.0. The van der Waals surface area contributed by atoms with Crippen LogP contribution in [-0.4, -0.2) is 55.2 Å². The van der Waals surface area contributed by atoms with E-state index in [1.807, 2.05) is 41.4 Å². The molecule has 0 amide bonds. The van der Waals surface area contributed by atoms with E-state index in [-0.39, 0.29) is 11.1 Å². The van der Waals surface area contributed by atoms with E-state index in [9.17, 15) is 0 Å². The first kappa shape index (κ1) is 25.8. The molecule has 7 heteroatoms. The summed E-state index contributed by atoms with van der Waals surface area (Å²) >= 11 is 0. The molecule has 0 spiro atoms. The molecule has 4 heterocycles. The highest BCUT2D eigenvalue weighted by Crippen LogP contribution is 2.33. The zero-order chi connectivity index (χ0) is 25.4. The molecule has 3 aromatic heterocycles. The average molecular weight is 510 g/mol. The predicted octanol–water partition coefficient (Wildman–Crippen LogP) is 5.74. The SMILES string of the molecule is Cc1ccc(-c2cnn3cc(-c4ccc(OC(C)(C)CN5CCCCC5)nc4)cnc23)c2ccccc12.O. The molecule has 1 fully saturated rings. The summed E-state index contributed by atoms with van der Waals surface area (Å²) in [5.41, 5.74) is 5.92. The minimum Gasteiger partial charge on any atom is -0.470 e. The number of aryl methyl sites for hydroxylation is 1. The van der Waals surface area contributed by atoms with Crippen molar-refractivity contribution in [3.8, 4) is 28.1 Å². The molecule has 0 atom stereocenters. The van der Waals surface area contributed by atoms with Crippen LogP contribution >= 0.6 is 0 Å². The number of piperidine rings is 1. The van der Waals surface area contributed by atoms with Crippen LogP contribution in [0, 0.1) is 6.92 Å². The van der Waals surface area contributed by atoms with E-state index in [0.29, 0.717) is 5.88 Å². The highest BCUT2D eigenvalue weighted by Gasteiger charge is 2.25. The Morgan fingerprint density at radius 2 is 1.58 bits per heavy atom. The number of rotatable bonds is 6. The first-order valence-corrected chi connectivity index (χ1v) is 13.2. The number of nitrogens with zero attached hydrogens (tertiary/aromatic N) is 5. The molecule has 6 rings (SSSR count). The number of benzene rings is 2. The highest BCUT2D eigenvalue weighted by molar-refractivity contribution is 6.01. The van der Waals surface area contributed by atoms with E-state index < -0.39 is 0 Å². The number of hydrogen-bond donors (Lipinski definition) is 0. The summed E-state index contributed by atoms with van der Waals surface area (Å²) < 4.78 is 8.13. The summed E-state index contributed by atoms with van der Waals surface area (Å²) in [6.07, 6.45) is 11.6. The van der Waals surface area contributed by atoms with Gasteiger partial charge in [0.2, 0.25) is 5.88 Å². The smallest absolute Gasteiger partial charge is 0.213 e. The molecule has 1 aliphatic heterocycles. The van der Waals surface area contributed by atoms with Gasteiger partial charge in [0.15, 0.2) is 5.65 Å². The fourth-order valence-electron chi connectivity index (χ4n) is 5.48. The number of likely N-dealkylation sites (tertiary alicyclic amines) is 1. The molecule has 2 N–H and O–H groups in total. The maximum atomic E-state index is 6.28. The average Bonchev–Trinajstić information content (AvgIpc) is 3.33. The zero-order valence-corrected chi connectivity index (χ0v) is 22.3. The lowest BCUT2D eigenvalue weighted by molar-refractivity contribution is 0.0482. The van der Waals surface area contributed by atoms with Gasteiger partial charge in [-0.15, -0.1) is 0 Å². The van der Waals surface area contributed by atoms with Gasteiger partial charge >= 0.3 is 0 Å². The topological polar surface area (TPSA) is 87.1 Å². The highest BCUT2D eigenvalue weighted by atomic mass is 16.5. The van der Waals surface area contributed by atoms with Crippen LogP contribution in [0.5, 0.6) is 5.88 Å². The van der Waals surface area contributed by atoms with Gasteiger partial charge in [0, 0.05) is 47.9 Å². The standard InChI is InChI=1S/C31H33N5O.H2O/c1-22-11-13-27(26-10-6-5-9-25(22)26)28-19-34-36-20-24(18-33-30(28)36)23-12-14-29(32-17-23)37-31(2,3)21-35-15-7-4-8-16-35;/h5-6,9-14,17-20H,4,7-8,15-16,21H2,1-3H3;1H2. The fourth-order valence-corrected chi connectivity index (χ4v) is 5.48. The Bertz CT molecular complexity index is 1550. The van der Waals surface area contributed by atoms with Crippen molar-refractivity contribution in [2.45, 2.75) is 45.6 Å². The number of hydrogen-bond acceptors (Lipinski definition) is 5. The Labute approximate surface area is 223 Å². The van der Waals surface area contributed by atoms with E-state index in [4.69, 9.17) is 9.72 Å².